The quantitative estimate of drug-likeness (QED) is 0.724. The summed E-state index contributed by atoms with van der Waals surface area (Å²) in [6, 6.07) is 9.38. The normalized spacial score (nSPS) is 12.0. The number of hydrogen-bond acceptors (Lipinski definition) is 3. The highest BCUT2D eigenvalue weighted by molar-refractivity contribution is 7.89. The molecule has 0 aliphatic rings. The summed E-state index contributed by atoms with van der Waals surface area (Å²) in [6.07, 6.45) is -4.48. The van der Waals surface area contributed by atoms with E-state index in [1.807, 2.05) is 0 Å². The molecule has 2 rings (SSSR count). The Labute approximate surface area is 153 Å². The molecule has 0 saturated carbocycles. The summed E-state index contributed by atoms with van der Waals surface area (Å²) in [4.78, 5) is 11.8. The van der Waals surface area contributed by atoms with Gasteiger partial charge in [-0.15, -0.1) is 0 Å². The van der Waals surface area contributed by atoms with Gasteiger partial charge in [-0.05, 0) is 42.5 Å². The first-order valence-electron chi connectivity index (χ1n) is 7.30. The zero-order valence-electron chi connectivity index (χ0n) is 13.2. The standard InChI is InChI=1S/C16H14ClF3N2O3S/c17-13-2-1-3-14(10-13)26(24,25)22-9-8-21-15(23)11-4-6-12(7-5-11)16(18,19)20/h1-7,10,22H,8-9H2,(H,21,23). The van der Waals surface area contributed by atoms with E-state index in [0.717, 1.165) is 24.3 Å². The molecular formula is C16H14ClF3N2O3S. The van der Waals surface area contributed by atoms with Gasteiger partial charge in [0.15, 0.2) is 0 Å². The molecule has 0 unspecified atom stereocenters. The van der Waals surface area contributed by atoms with Crippen LogP contribution in [0.3, 0.4) is 0 Å². The first-order chi connectivity index (χ1) is 12.1. The van der Waals surface area contributed by atoms with Crippen LogP contribution < -0.4 is 10.0 Å². The molecule has 0 radical (unpaired) electrons. The summed E-state index contributed by atoms with van der Waals surface area (Å²) in [5, 5.41) is 2.69. The molecule has 0 atom stereocenters. The molecule has 10 heteroatoms. The third-order valence-electron chi connectivity index (χ3n) is 3.28. The molecule has 140 valence electrons. The summed E-state index contributed by atoms with van der Waals surface area (Å²) < 4.78 is 63.8. The number of carbonyl (C=O) groups is 1. The smallest absolute Gasteiger partial charge is 0.351 e. The van der Waals surface area contributed by atoms with E-state index in [1.54, 1.807) is 0 Å². The van der Waals surface area contributed by atoms with Crippen LogP contribution >= 0.6 is 11.6 Å². The fraction of sp³-hybridized carbons (Fsp3) is 0.188. The van der Waals surface area contributed by atoms with Crippen molar-refractivity contribution in [3.05, 3.63) is 64.7 Å². The average Bonchev–Trinajstić information content (AvgIpc) is 2.58. The van der Waals surface area contributed by atoms with Crippen LogP contribution in [0.1, 0.15) is 15.9 Å². The highest BCUT2D eigenvalue weighted by atomic mass is 35.5. The first kappa shape index (κ1) is 20.2. The molecule has 1 amide bonds. The Bertz CT molecular complexity index is 884. The lowest BCUT2D eigenvalue weighted by Gasteiger charge is -2.09. The van der Waals surface area contributed by atoms with Gasteiger partial charge in [-0.3, -0.25) is 4.79 Å². The lowest BCUT2D eigenvalue weighted by atomic mass is 10.1. The Morgan fingerprint density at radius 2 is 1.69 bits per heavy atom. The number of hydrogen-bond donors (Lipinski definition) is 2. The molecular weight excluding hydrogens is 393 g/mol. The van der Waals surface area contributed by atoms with E-state index in [-0.39, 0.29) is 28.6 Å². The van der Waals surface area contributed by atoms with Gasteiger partial charge in [-0.1, -0.05) is 17.7 Å². The highest BCUT2D eigenvalue weighted by Crippen LogP contribution is 2.29. The predicted octanol–water partition coefficient (Wildman–Crippen LogP) is 3.07. The number of carbonyl (C=O) groups excluding carboxylic acids is 1. The van der Waals surface area contributed by atoms with Gasteiger partial charge in [-0.25, -0.2) is 13.1 Å². The van der Waals surface area contributed by atoms with Gasteiger partial charge in [0, 0.05) is 23.7 Å². The zero-order chi connectivity index (χ0) is 19.4. The first-order valence-corrected chi connectivity index (χ1v) is 9.16. The summed E-state index contributed by atoms with van der Waals surface area (Å²) >= 11 is 5.74. The van der Waals surface area contributed by atoms with Crippen LogP contribution in [-0.2, 0) is 16.2 Å². The third kappa shape index (κ3) is 5.45. The summed E-state index contributed by atoms with van der Waals surface area (Å²) in [5.74, 6) is -0.610. The van der Waals surface area contributed by atoms with E-state index in [4.69, 9.17) is 11.6 Å². The Hall–Kier alpha value is -2.10. The van der Waals surface area contributed by atoms with Crippen molar-refractivity contribution in [2.45, 2.75) is 11.1 Å². The van der Waals surface area contributed by atoms with Crippen LogP contribution in [0.15, 0.2) is 53.4 Å². The number of sulfonamides is 1. The lowest BCUT2D eigenvalue weighted by Crippen LogP contribution is -2.34. The van der Waals surface area contributed by atoms with Gasteiger partial charge in [0.2, 0.25) is 10.0 Å². The van der Waals surface area contributed by atoms with Crippen LogP contribution in [0, 0.1) is 0 Å². The number of alkyl halides is 3. The predicted molar refractivity (Wildman–Crippen MR) is 90.4 cm³/mol. The second-order valence-electron chi connectivity index (χ2n) is 5.19. The molecule has 0 fully saturated rings. The molecule has 5 nitrogen and oxygen atoms in total. The zero-order valence-corrected chi connectivity index (χ0v) is 14.8. The van der Waals surface area contributed by atoms with Crippen LogP contribution in [0.4, 0.5) is 13.2 Å². The number of benzene rings is 2. The second-order valence-corrected chi connectivity index (χ2v) is 7.39. The maximum Gasteiger partial charge on any atom is 0.416 e. The van der Waals surface area contributed by atoms with E-state index >= 15 is 0 Å². The Morgan fingerprint density at radius 1 is 1.04 bits per heavy atom. The van der Waals surface area contributed by atoms with Crippen molar-refractivity contribution in [2.24, 2.45) is 0 Å². The van der Waals surface area contributed by atoms with E-state index < -0.39 is 27.7 Å². The highest BCUT2D eigenvalue weighted by Gasteiger charge is 2.30. The molecule has 0 saturated heterocycles. The van der Waals surface area contributed by atoms with E-state index in [2.05, 4.69) is 10.0 Å². The molecule has 0 aliphatic carbocycles. The molecule has 2 aromatic carbocycles. The van der Waals surface area contributed by atoms with Crippen molar-refractivity contribution in [3.63, 3.8) is 0 Å². The number of rotatable bonds is 6. The third-order valence-corrected chi connectivity index (χ3v) is 4.98. The molecule has 26 heavy (non-hydrogen) atoms. The second kappa shape index (κ2) is 8.07. The maximum atomic E-state index is 12.5. The lowest BCUT2D eigenvalue weighted by molar-refractivity contribution is -0.137. The SMILES string of the molecule is O=C(NCCNS(=O)(=O)c1cccc(Cl)c1)c1ccc(C(F)(F)F)cc1. The fourth-order valence-corrected chi connectivity index (χ4v) is 3.32. The Kier molecular flexibility index (Phi) is 6.27. The van der Waals surface area contributed by atoms with E-state index in [9.17, 15) is 26.4 Å². The van der Waals surface area contributed by atoms with Crippen molar-refractivity contribution in [2.75, 3.05) is 13.1 Å². The average molecular weight is 407 g/mol. The summed E-state index contributed by atoms with van der Waals surface area (Å²) in [7, 11) is -3.78. The van der Waals surface area contributed by atoms with Crippen LogP contribution in [0.2, 0.25) is 5.02 Å². The number of nitrogens with one attached hydrogen (secondary N) is 2. The minimum atomic E-state index is -4.48. The number of amides is 1. The van der Waals surface area contributed by atoms with Crippen LogP contribution in [0.25, 0.3) is 0 Å². The van der Waals surface area contributed by atoms with Gasteiger partial charge in [0.25, 0.3) is 5.91 Å². The molecule has 0 aliphatic heterocycles. The largest absolute Gasteiger partial charge is 0.416 e. The number of halogens is 4. The minimum absolute atomic E-state index is 0.0148. The van der Waals surface area contributed by atoms with Crippen LogP contribution in [-0.4, -0.2) is 27.4 Å². The molecule has 0 heterocycles. The summed E-state index contributed by atoms with van der Waals surface area (Å²) in [5.41, 5.74) is -0.820. The monoisotopic (exact) mass is 406 g/mol. The fourth-order valence-electron chi connectivity index (χ4n) is 1.99. The van der Waals surface area contributed by atoms with Crippen molar-refractivity contribution in [1.29, 1.82) is 0 Å². The topological polar surface area (TPSA) is 75.3 Å². The minimum Gasteiger partial charge on any atom is -0.351 e. The maximum absolute atomic E-state index is 12.5. The van der Waals surface area contributed by atoms with Crippen LogP contribution in [0.5, 0.6) is 0 Å². The van der Waals surface area contributed by atoms with Gasteiger partial charge < -0.3 is 5.32 Å². The van der Waals surface area contributed by atoms with Crippen molar-refractivity contribution in [3.8, 4) is 0 Å². The van der Waals surface area contributed by atoms with E-state index in [0.29, 0.717) is 0 Å². The van der Waals surface area contributed by atoms with Crippen molar-refractivity contribution < 1.29 is 26.4 Å². The van der Waals surface area contributed by atoms with Gasteiger partial charge in [0.1, 0.15) is 0 Å². The molecule has 2 aromatic rings. The Morgan fingerprint density at radius 3 is 2.27 bits per heavy atom. The molecule has 2 N–H and O–H groups in total. The Balaban J connectivity index is 1.87. The van der Waals surface area contributed by atoms with Crippen molar-refractivity contribution >= 4 is 27.5 Å². The molecule has 0 bridgehead atoms. The van der Waals surface area contributed by atoms with Gasteiger partial charge in [-0.2, -0.15) is 13.2 Å². The molecule has 0 spiro atoms. The van der Waals surface area contributed by atoms with Gasteiger partial charge >= 0.3 is 6.18 Å². The molecule has 0 aromatic heterocycles. The van der Waals surface area contributed by atoms with Crippen molar-refractivity contribution in [1.82, 2.24) is 10.0 Å². The van der Waals surface area contributed by atoms with Gasteiger partial charge in [0.05, 0.1) is 10.5 Å². The summed E-state index contributed by atoms with van der Waals surface area (Å²) in [6.45, 7) is -0.138. The van der Waals surface area contributed by atoms with E-state index in [1.165, 1.54) is 24.3 Å².